The highest BCUT2D eigenvalue weighted by Gasteiger charge is 2.18. The van der Waals surface area contributed by atoms with E-state index in [4.69, 9.17) is 20.8 Å². The maximum atomic E-state index is 13.0. The summed E-state index contributed by atoms with van der Waals surface area (Å²) in [4.78, 5) is 8.85. The van der Waals surface area contributed by atoms with E-state index in [0.717, 1.165) is 24.3 Å². The smallest absolute Gasteiger partial charge is 0.263 e. The molecule has 0 radical (unpaired) electrons. The molecule has 2 heterocycles. The highest BCUT2D eigenvalue weighted by molar-refractivity contribution is 5.64. The predicted octanol–water partition coefficient (Wildman–Crippen LogP) is 3.32. The first kappa shape index (κ1) is 23.8. The summed E-state index contributed by atoms with van der Waals surface area (Å²) in [7, 11) is 1.70. The number of nitrogens with two attached hydrogens (primary N) is 2. The van der Waals surface area contributed by atoms with Crippen LogP contribution in [-0.4, -0.2) is 46.0 Å². The van der Waals surface area contributed by atoms with Crippen molar-refractivity contribution in [2.24, 2.45) is 11.6 Å². The lowest BCUT2D eigenvalue weighted by atomic mass is 9.98. The molecule has 0 bridgehead atoms. The fraction of sp³-hybridized carbons (Fsp3) is 0.591. The molecule has 1 aliphatic carbocycles. The summed E-state index contributed by atoms with van der Waals surface area (Å²) >= 11 is 0. The van der Waals surface area contributed by atoms with Crippen LogP contribution >= 0.6 is 0 Å². The third-order valence-corrected chi connectivity index (χ3v) is 5.53. The minimum atomic E-state index is -0.922. The van der Waals surface area contributed by atoms with Gasteiger partial charge in [0.2, 0.25) is 5.89 Å². The molecule has 2 aromatic heterocycles. The molecule has 0 spiro atoms. The van der Waals surface area contributed by atoms with Crippen LogP contribution in [0.4, 0.5) is 10.3 Å². The molecule has 1 unspecified atom stereocenters. The summed E-state index contributed by atoms with van der Waals surface area (Å²) in [5, 5.41) is 8.34. The number of hydrogen-bond donors (Lipinski definition) is 3. The van der Waals surface area contributed by atoms with Gasteiger partial charge in [-0.3, -0.25) is 0 Å². The van der Waals surface area contributed by atoms with Crippen molar-refractivity contribution in [1.29, 1.82) is 0 Å². The summed E-state index contributed by atoms with van der Waals surface area (Å²) < 4.78 is 24.3. The second-order valence-electron chi connectivity index (χ2n) is 8.31. The zero-order valence-corrected chi connectivity index (χ0v) is 19.1. The molecule has 1 atom stereocenters. The Morgan fingerprint density at radius 2 is 2.06 bits per heavy atom. The van der Waals surface area contributed by atoms with Crippen molar-refractivity contribution in [3.8, 4) is 5.75 Å². The highest BCUT2D eigenvalue weighted by atomic mass is 19.1. The van der Waals surface area contributed by atoms with Gasteiger partial charge < -0.3 is 25.3 Å². The number of pyridine rings is 1. The summed E-state index contributed by atoms with van der Waals surface area (Å²) in [6, 6.07) is 3.76. The van der Waals surface area contributed by atoms with Gasteiger partial charge in [-0.2, -0.15) is 4.98 Å². The van der Waals surface area contributed by atoms with E-state index in [0.29, 0.717) is 41.8 Å². The molecule has 32 heavy (non-hydrogen) atoms. The average Bonchev–Trinajstić information content (AvgIpc) is 3.22. The van der Waals surface area contributed by atoms with E-state index in [1.54, 1.807) is 7.05 Å². The first-order valence-corrected chi connectivity index (χ1v) is 11.2. The molecule has 0 aromatic carbocycles. The van der Waals surface area contributed by atoms with E-state index < -0.39 is 6.17 Å². The number of alkyl halides is 1. The molecule has 2 aromatic rings. The van der Waals surface area contributed by atoms with Crippen LogP contribution in [-0.2, 0) is 6.42 Å². The Morgan fingerprint density at radius 1 is 1.31 bits per heavy atom. The van der Waals surface area contributed by atoms with E-state index in [2.05, 4.69) is 20.4 Å². The van der Waals surface area contributed by atoms with Crippen LogP contribution in [0.3, 0.4) is 0 Å². The molecule has 1 saturated carbocycles. The zero-order valence-electron chi connectivity index (χ0n) is 19.1. The van der Waals surface area contributed by atoms with Gasteiger partial charge in [0.15, 0.2) is 0 Å². The number of aromatic nitrogens is 3. The topological polar surface area (TPSA) is 128 Å². The number of likely N-dealkylation sites (N-methyl/N-ethyl adjacent to an activating group) is 1. The minimum absolute atomic E-state index is 0.255. The van der Waals surface area contributed by atoms with Crippen molar-refractivity contribution in [2.75, 3.05) is 18.9 Å². The van der Waals surface area contributed by atoms with Crippen LogP contribution in [0.2, 0.25) is 0 Å². The van der Waals surface area contributed by atoms with Crippen LogP contribution in [0.5, 0.6) is 5.75 Å². The SMILES string of the molecule is Cc1nc(/C(N)=C(\CNc2noc(CCC(C)F)n2)N(C)N)ccc1OC1CCCCC1. The first-order valence-electron chi connectivity index (χ1n) is 11.2. The molecule has 1 aliphatic rings. The van der Waals surface area contributed by atoms with Crippen molar-refractivity contribution < 1.29 is 13.7 Å². The summed E-state index contributed by atoms with van der Waals surface area (Å²) in [6.45, 7) is 3.67. The molecule has 10 heteroatoms. The third kappa shape index (κ3) is 6.56. The van der Waals surface area contributed by atoms with Crippen molar-refractivity contribution in [3.05, 3.63) is 35.1 Å². The van der Waals surface area contributed by atoms with Crippen LogP contribution in [0.1, 0.15) is 62.7 Å². The number of hydrazine groups is 1. The van der Waals surface area contributed by atoms with E-state index >= 15 is 0 Å². The fourth-order valence-corrected chi connectivity index (χ4v) is 3.66. The maximum Gasteiger partial charge on any atom is 0.263 e. The second-order valence-corrected chi connectivity index (χ2v) is 8.31. The molecule has 176 valence electrons. The van der Waals surface area contributed by atoms with Crippen molar-refractivity contribution >= 4 is 11.6 Å². The van der Waals surface area contributed by atoms with Crippen LogP contribution in [0, 0.1) is 6.92 Å². The average molecular weight is 448 g/mol. The molecular formula is C22H34FN7O2. The summed E-state index contributed by atoms with van der Waals surface area (Å²) in [5.74, 6) is 7.47. The number of ether oxygens (including phenoxy) is 1. The zero-order chi connectivity index (χ0) is 23.1. The molecular weight excluding hydrogens is 413 g/mol. The molecule has 0 saturated heterocycles. The summed E-state index contributed by atoms with van der Waals surface area (Å²) in [6.07, 6.45) is 5.91. The van der Waals surface area contributed by atoms with E-state index in [9.17, 15) is 4.39 Å². The Balaban J connectivity index is 1.68. The van der Waals surface area contributed by atoms with Gasteiger partial charge in [-0.05, 0) is 63.2 Å². The number of hydrogen-bond acceptors (Lipinski definition) is 9. The van der Waals surface area contributed by atoms with E-state index in [-0.39, 0.29) is 12.6 Å². The molecule has 0 amide bonds. The molecule has 1 fully saturated rings. The molecule has 3 rings (SSSR count). The Kier molecular flexibility index (Phi) is 8.26. The largest absolute Gasteiger partial charge is 0.489 e. The van der Waals surface area contributed by atoms with Gasteiger partial charge in [0.1, 0.15) is 5.75 Å². The quantitative estimate of drug-likeness (QED) is 0.371. The van der Waals surface area contributed by atoms with Crippen LogP contribution in [0.25, 0.3) is 5.70 Å². The van der Waals surface area contributed by atoms with Crippen LogP contribution in [0.15, 0.2) is 22.4 Å². The third-order valence-electron chi connectivity index (χ3n) is 5.53. The van der Waals surface area contributed by atoms with Crippen molar-refractivity contribution in [2.45, 2.75) is 71.1 Å². The van der Waals surface area contributed by atoms with Gasteiger partial charge in [0.25, 0.3) is 5.95 Å². The van der Waals surface area contributed by atoms with Gasteiger partial charge in [-0.1, -0.05) is 6.42 Å². The molecule has 0 aliphatic heterocycles. The van der Waals surface area contributed by atoms with Gasteiger partial charge >= 0.3 is 0 Å². The standard InChI is InChI=1S/C22H34FN7O2/c1-14(23)9-12-20-28-22(29-32-20)26-13-18(30(3)25)21(24)17-10-11-19(15(2)27-17)31-16-7-5-4-6-8-16/h10-11,14,16H,4-9,12-13,24-25H2,1-3H3,(H,26,29)/b21-18-. The van der Waals surface area contributed by atoms with Gasteiger partial charge in [-0.25, -0.2) is 15.2 Å². The van der Waals surface area contributed by atoms with E-state index in [1.165, 1.54) is 31.2 Å². The Morgan fingerprint density at radius 3 is 2.72 bits per heavy atom. The van der Waals surface area contributed by atoms with Crippen molar-refractivity contribution in [3.63, 3.8) is 0 Å². The first-order chi connectivity index (χ1) is 15.3. The Bertz CT molecular complexity index is 907. The number of nitrogens with zero attached hydrogens (tertiary/aromatic N) is 4. The molecule has 5 N–H and O–H groups in total. The number of rotatable bonds is 10. The Labute approximate surface area is 188 Å². The lowest BCUT2D eigenvalue weighted by Crippen LogP contribution is -2.32. The fourth-order valence-electron chi connectivity index (χ4n) is 3.66. The lowest BCUT2D eigenvalue weighted by Gasteiger charge is -2.24. The highest BCUT2D eigenvalue weighted by Crippen LogP contribution is 2.26. The van der Waals surface area contributed by atoms with E-state index in [1.807, 2.05) is 19.1 Å². The van der Waals surface area contributed by atoms with Gasteiger partial charge in [0, 0.05) is 13.5 Å². The monoisotopic (exact) mass is 447 g/mol. The minimum Gasteiger partial charge on any atom is -0.489 e. The van der Waals surface area contributed by atoms with Crippen LogP contribution < -0.4 is 21.6 Å². The summed E-state index contributed by atoms with van der Waals surface area (Å²) in [5.41, 5.74) is 8.84. The number of halogens is 1. The Hall–Kier alpha value is -2.88. The second kappa shape index (κ2) is 11.1. The van der Waals surface area contributed by atoms with Gasteiger partial charge in [-0.15, -0.1) is 0 Å². The number of aryl methyl sites for hydroxylation is 2. The predicted molar refractivity (Wildman–Crippen MR) is 121 cm³/mol. The van der Waals surface area contributed by atoms with Crippen molar-refractivity contribution in [1.82, 2.24) is 20.1 Å². The maximum absolute atomic E-state index is 13.0. The molecule has 9 nitrogen and oxygen atoms in total. The number of anilines is 1. The lowest BCUT2D eigenvalue weighted by molar-refractivity contribution is 0.153. The normalized spacial score (nSPS) is 16.4. The van der Waals surface area contributed by atoms with Gasteiger partial charge in [0.05, 0.1) is 41.6 Å². The number of nitrogens with one attached hydrogen (secondary N) is 1.